The summed E-state index contributed by atoms with van der Waals surface area (Å²) < 4.78 is 5.20. The minimum absolute atomic E-state index is 0.296. The summed E-state index contributed by atoms with van der Waals surface area (Å²) in [5.41, 5.74) is 1.49. The largest absolute Gasteiger partial charge is 0.380 e. The number of nitrogens with zero attached hydrogens (tertiary/aromatic N) is 1. The van der Waals surface area contributed by atoms with E-state index in [1.54, 1.807) is 0 Å². The number of nitrogens with one attached hydrogen (secondary N) is 1. The molecule has 1 aliphatic heterocycles. The van der Waals surface area contributed by atoms with Gasteiger partial charge in [-0.05, 0) is 18.6 Å². The number of pyridine rings is 1. The van der Waals surface area contributed by atoms with E-state index in [9.17, 15) is 0 Å². The lowest BCUT2D eigenvalue weighted by Gasteiger charge is -2.38. The van der Waals surface area contributed by atoms with Gasteiger partial charge in [-0.15, -0.1) is 0 Å². The first-order valence-corrected chi connectivity index (χ1v) is 4.93. The van der Waals surface area contributed by atoms with Crippen molar-refractivity contribution < 1.29 is 4.74 Å². The van der Waals surface area contributed by atoms with Crippen LogP contribution in [0.2, 0.25) is 0 Å². The van der Waals surface area contributed by atoms with Gasteiger partial charge >= 0.3 is 0 Å². The van der Waals surface area contributed by atoms with Crippen molar-refractivity contribution in [1.82, 2.24) is 4.98 Å². The molecule has 0 radical (unpaired) electrons. The highest BCUT2D eigenvalue weighted by atomic mass is 16.5. The van der Waals surface area contributed by atoms with Crippen molar-refractivity contribution in [3.63, 3.8) is 0 Å². The molecule has 14 heavy (non-hydrogen) atoms. The lowest BCUT2D eigenvalue weighted by molar-refractivity contribution is -0.0924. The molecule has 0 unspecified atom stereocenters. The maximum absolute atomic E-state index is 5.20. The molecule has 0 amide bonds. The second-order valence-corrected chi connectivity index (χ2v) is 4.33. The lowest BCUT2D eigenvalue weighted by atomic mass is 9.89. The van der Waals surface area contributed by atoms with Crippen molar-refractivity contribution >= 4 is 5.82 Å². The second kappa shape index (κ2) is 3.58. The van der Waals surface area contributed by atoms with Crippen LogP contribution in [0, 0.1) is 12.3 Å². The van der Waals surface area contributed by atoms with Gasteiger partial charge in [-0.25, -0.2) is 4.98 Å². The highest BCUT2D eigenvalue weighted by Crippen LogP contribution is 2.26. The summed E-state index contributed by atoms with van der Waals surface area (Å²) >= 11 is 0. The molecule has 0 aliphatic carbocycles. The van der Waals surface area contributed by atoms with Gasteiger partial charge in [-0.3, -0.25) is 0 Å². The van der Waals surface area contributed by atoms with E-state index in [4.69, 9.17) is 4.74 Å². The van der Waals surface area contributed by atoms with E-state index in [-0.39, 0.29) is 0 Å². The number of rotatable bonds is 3. The third kappa shape index (κ3) is 1.87. The van der Waals surface area contributed by atoms with Crippen molar-refractivity contribution in [1.29, 1.82) is 0 Å². The minimum Gasteiger partial charge on any atom is -0.380 e. The highest BCUT2D eigenvalue weighted by Gasteiger charge is 2.33. The molecule has 0 aromatic carbocycles. The van der Waals surface area contributed by atoms with Gasteiger partial charge in [-0.2, -0.15) is 0 Å². The molecule has 1 fully saturated rings. The van der Waals surface area contributed by atoms with Gasteiger partial charge in [0.2, 0.25) is 0 Å². The van der Waals surface area contributed by atoms with E-state index < -0.39 is 0 Å². The molecule has 0 spiro atoms. The number of hydrogen-bond donors (Lipinski definition) is 1. The molecule has 0 saturated carbocycles. The molecule has 3 nitrogen and oxygen atoms in total. The molecule has 0 bridgehead atoms. The monoisotopic (exact) mass is 192 g/mol. The standard InChI is InChI=1S/C11H16N2O/c1-9-4-3-5-12-10(9)13-6-11(2)7-14-8-11/h3-5H,6-8H2,1-2H3,(H,12,13). The zero-order valence-corrected chi connectivity index (χ0v) is 8.71. The summed E-state index contributed by atoms with van der Waals surface area (Å²) in [6.07, 6.45) is 1.81. The molecular formula is C11H16N2O. The van der Waals surface area contributed by atoms with Crippen molar-refractivity contribution in [3.05, 3.63) is 23.9 Å². The smallest absolute Gasteiger partial charge is 0.128 e. The van der Waals surface area contributed by atoms with Crippen LogP contribution in [-0.2, 0) is 4.74 Å². The summed E-state index contributed by atoms with van der Waals surface area (Å²) in [6, 6.07) is 4.02. The molecule has 0 atom stereocenters. The number of aromatic nitrogens is 1. The Morgan fingerprint density at radius 3 is 2.93 bits per heavy atom. The Labute approximate surface area is 84.5 Å². The van der Waals surface area contributed by atoms with E-state index in [0.29, 0.717) is 5.41 Å². The van der Waals surface area contributed by atoms with Crippen molar-refractivity contribution in [2.45, 2.75) is 13.8 Å². The highest BCUT2D eigenvalue weighted by molar-refractivity contribution is 5.42. The molecule has 2 heterocycles. The number of anilines is 1. The first kappa shape index (κ1) is 9.46. The molecule has 1 aromatic rings. The van der Waals surface area contributed by atoms with Crippen LogP contribution in [0.3, 0.4) is 0 Å². The van der Waals surface area contributed by atoms with Gasteiger partial charge in [0.1, 0.15) is 5.82 Å². The SMILES string of the molecule is Cc1cccnc1NCC1(C)COC1. The van der Waals surface area contributed by atoms with Gasteiger partial charge in [0, 0.05) is 18.2 Å². The van der Waals surface area contributed by atoms with Crippen LogP contribution < -0.4 is 5.32 Å². The maximum Gasteiger partial charge on any atom is 0.128 e. The van der Waals surface area contributed by atoms with Crippen molar-refractivity contribution in [2.24, 2.45) is 5.41 Å². The minimum atomic E-state index is 0.296. The van der Waals surface area contributed by atoms with E-state index >= 15 is 0 Å². The molecule has 1 N–H and O–H groups in total. The summed E-state index contributed by atoms with van der Waals surface area (Å²) in [7, 11) is 0. The zero-order chi connectivity index (χ0) is 10.0. The molecular weight excluding hydrogens is 176 g/mol. The molecule has 1 saturated heterocycles. The van der Waals surface area contributed by atoms with Crippen LogP contribution in [0.5, 0.6) is 0 Å². The van der Waals surface area contributed by atoms with Crippen LogP contribution in [0.4, 0.5) is 5.82 Å². The fourth-order valence-corrected chi connectivity index (χ4v) is 1.52. The Morgan fingerprint density at radius 2 is 2.36 bits per heavy atom. The first-order valence-electron chi connectivity index (χ1n) is 4.93. The predicted octanol–water partition coefficient (Wildman–Crippen LogP) is 1.84. The molecule has 1 aliphatic rings. The van der Waals surface area contributed by atoms with Crippen LogP contribution >= 0.6 is 0 Å². The Kier molecular flexibility index (Phi) is 2.42. The third-order valence-corrected chi connectivity index (χ3v) is 2.59. The van der Waals surface area contributed by atoms with E-state index in [2.05, 4.69) is 30.2 Å². The van der Waals surface area contributed by atoms with Crippen LogP contribution in [0.1, 0.15) is 12.5 Å². The Bertz CT molecular complexity index is 321. The Hall–Kier alpha value is -1.09. The summed E-state index contributed by atoms with van der Waals surface area (Å²) in [5, 5.41) is 3.36. The fourth-order valence-electron chi connectivity index (χ4n) is 1.52. The summed E-state index contributed by atoms with van der Waals surface area (Å²) in [4.78, 5) is 4.29. The van der Waals surface area contributed by atoms with E-state index in [1.165, 1.54) is 5.56 Å². The molecule has 1 aromatic heterocycles. The first-order chi connectivity index (χ1) is 6.70. The summed E-state index contributed by atoms with van der Waals surface area (Å²) in [5.74, 6) is 0.987. The third-order valence-electron chi connectivity index (χ3n) is 2.59. The Balaban J connectivity index is 1.95. The van der Waals surface area contributed by atoms with E-state index in [0.717, 1.165) is 25.6 Å². The van der Waals surface area contributed by atoms with Gasteiger partial charge in [0.05, 0.1) is 13.2 Å². The van der Waals surface area contributed by atoms with Gasteiger partial charge in [-0.1, -0.05) is 13.0 Å². The van der Waals surface area contributed by atoms with Crippen LogP contribution in [0.15, 0.2) is 18.3 Å². The Morgan fingerprint density at radius 1 is 1.57 bits per heavy atom. The van der Waals surface area contributed by atoms with Gasteiger partial charge < -0.3 is 10.1 Å². The molecule has 2 rings (SSSR count). The number of aryl methyl sites for hydroxylation is 1. The van der Waals surface area contributed by atoms with Crippen LogP contribution in [0.25, 0.3) is 0 Å². The van der Waals surface area contributed by atoms with E-state index in [1.807, 2.05) is 12.3 Å². The van der Waals surface area contributed by atoms with Gasteiger partial charge in [0.15, 0.2) is 0 Å². The number of ether oxygens (including phenoxy) is 1. The molecule has 76 valence electrons. The van der Waals surface area contributed by atoms with Crippen LogP contribution in [-0.4, -0.2) is 24.7 Å². The fraction of sp³-hybridized carbons (Fsp3) is 0.545. The summed E-state index contributed by atoms with van der Waals surface area (Å²) in [6.45, 7) is 6.93. The lowest BCUT2D eigenvalue weighted by Crippen LogP contribution is -2.45. The van der Waals surface area contributed by atoms with Crippen molar-refractivity contribution in [2.75, 3.05) is 25.1 Å². The number of hydrogen-bond acceptors (Lipinski definition) is 3. The molecule has 3 heteroatoms. The topological polar surface area (TPSA) is 34.2 Å². The average Bonchev–Trinajstić information content (AvgIpc) is 2.14. The predicted molar refractivity (Wildman–Crippen MR) is 56.4 cm³/mol. The van der Waals surface area contributed by atoms with Crippen molar-refractivity contribution in [3.8, 4) is 0 Å². The quantitative estimate of drug-likeness (QED) is 0.793. The van der Waals surface area contributed by atoms with Gasteiger partial charge in [0.25, 0.3) is 0 Å². The second-order valence-electron chi connectivity index (χ2n) is 4.33. The normalized spacial score (nSPS) is 18.7. The zero-order valence-electron chi connectivity index (χ0n) is 8.71. The maximum atomic E-state index is 5.20. The average molecular weight is 192 g/mol.